The van der Waals surface area contributed by atoms with Gasteiger partial charge in [-0.2, -0.15) is 0 Å². The van der Waals surface area contributed by atoms with E-state index in [4.69, 9.17) is 16.7 Å². The Bertz CT molecular complexity index is 192. The van der Waals surface area contributed by atoms with Crippen LogP contribution in [0.4, 0.5) is 0 Å². The van der Waals surface area contributed by atoms with Crippen molar-refractivity contribution in [3.8, 4) is 0 Å². The summed E-state index contributed by atoms with van der Waals surface area (Å²) >= 11 is 5.92. The number of halogens is 1. The lowest BCUT2D eigenvalue weighted by molar-refractivity contribution is 0.289. The highest BCUT2D eigenvalue weighted by Gasteiger charge is 1.98. The second kappa shape index (κ2) is 7.14. The molecule has 0 aromatic heterocycles. The van der Waals surface area contributed by atoms with E-state index in [9.17, 15) is 0 Å². The Labute approximate surface area is 79.1 Å². The van der Waals surface area contributed by atoms with E-state index in [0.717, 1.165) is 18.4 Å². The Morgan fingerprint density at radius 1 is 1.58 bits per heavy atom. The smallest absolute Gasteiger partial charge is 0.0434 e. The van der Waals surface area contributed by atoms with Crippen molar-refractivity contribution in [2.45, 2.75) is 19.8 Å². The minimum absolute atomic E-state index is 0.204. The van der Waals surface area contributed by atoms with Gasteiger partial charge < -0.3 is 5.11 Å². The van der Waals surface area contributed by atoms with Crippen molar-refractivity contribution in [3.05, 3.63) is 35.4 Å². The summed E-state index contributed by atoms with van der Waals surface area (Å²) in [4.78, 5) is 0. The molecule has 0 spiro atoms. The molecule has 0 radical (unpaired) electrons. The van der Waals surface area contributed by atoms with Gasteiger partial charge >= 0.3 is 0 Å². The van der Waals surface area contributed by atoms with Gasteiger partial charge in [0.15, 0.2) is 0 Å². The zero-order valence-electron chi connectivity index (χ0n) is 7.39. The van der Waals surface area contributed by atoms with Crippen LogP contribution in [0.1, 0.15) is 19.8 Å². The number of allylic oxidation sites excluding steroid dienone is 5. The lowest BCUT2D eigenvalue weighted by atomic mass is 10.1. The molecule has 0 bridgehead atoms. The highest BCUT2D eigenvalue weighted by Crippen LogP contribution is 2.19. The first-order valence-corrected chi connectivity index (χ1v) is 4.38. The van der Waals surface area contributed by atoms with E-state index in [-0.39, 0.29) is 6.61 Å². The van der Waals surface area contributed by atoms with Crippen molar-refractivity contribution in [2.24, 2.45) is 0 Å². The Balaban J connectivity index is 4.16. The Morgan fingerprint density at radius 2 is 2.25 bits per heavy atom. The first kappa shape index (κ1) is 11.5. The van der Waals surface area contributed by atoms with E-state index < -0.39 is 0 Å². The topological polar surface area (TPSA) is 20.2 Å². The molecule has 0 amide bonds. The van der Waals surface area contributed by atoms with Gasteiger partial charge in [-0.3, -0.25) is 0 Å². The van der Waals surface area contributed by atoms with Crippen LogP contribution >= 0.6 is 11.6 Å². The van der Waals surface area contributed by atoms with Crippen LogP contribution in [0.15, 0.2) is 35.4 Å². The summed E-state index contributed by atoms with van der Waals surface area (Å²) in [6.07, 6.45) is 6.94. The molecule has 0 saturated carbocycles. The average molecular weight is 187 g/mol. The van der Waals surface area contributed by atoms with Crippen molar-refractivity contribution in [1.82, 2.24) is 0 Å². The predicted octanol–water partition coefficient (Wildman–Crippen LogP) is 3.01. The number of hydrogen-bond donors (Lipinski definition) is 1. The van der Waals surface area contributed by atoms with E-state index in [2.05, 4.69) is 6.58 Å². The van der Waals surface area contributed by atoms with Gasteiger partial charge in [0, 0.05) is 11.6 Å². The molecule has 0 aliphatic rings. The first-order chi connectivity index (χ1) is 5.76. The standard InChI is InChI=1S/C10H15ClO/c1-3-6-10(11)9(4-2)7-5-8-12/h3-4,6,12H,1,5,7-8H2,2H3/b9-4-,10-6+. The van der Waals surface area contributed by atoms with Crippen molar-refractivity contribution in [1.29, 1.82) is 0 Å². The third-order valence-corrected chi connectivity index (χ3v) is 1.89. The fraction of sp³-hybridized carbons (Fsp3) is 0.400. The van der Waals surface area contributed by atoms with Crippen molar-refractivity contribution in [2.75, 3.05) is 6.61 Å². The molecule has 1 N–H and O–H groups in total. The van der Waals surface area contributed by atoms with Crippen LogP contribution in [0, 0.1) is 0 Å². The number of rotatable bonds is 5. The summed E-state index contributed by atoms with van der Waals surface area (Å²) in [7, 11) is 0. The Kier molecular flexibility index (Phi) is 6.82. The maximum absolute atomic E-state index is 8.61. The van der Waals surface area contributed by atoms with Gasteiger partial charge in [-0.25, -0.2) is 0 Å². The van der Waals surface area contributed by atoms with Crippen LogP contribution in [0.3, 0.4) is 0 Å². The van der Waals surface area contributed by atoms with Gasteiger partial charge in [-0.1, -0.05) is 30.3 Å². The van der Waals surface area contributed by atoms with E-state index in [0.29, 0.717) is 5.03 Å². The first-order valence-electron chi connectivity index (χ1n) is 4.01. The largest absolute Gasteiger partial charge is 0.396 e. The van der Waals surface area contributed by atoms with Crippen LogP contribution in [0.2, 0.25) is 0 Å². The molecular weight excluding hydrogens is 172 g/mol. The molecule has 0 unspecified atom stereocenters. The van der Waals surface area contributed by atoms with Crippen LogP contribution < -0.4 is 0 Å². The molecule has 12 heavy (non-hydrogen) atoms. The zero-order chi connectivity index (χ0) is 9.40. The zero-order valence-corrected chi connectivity index (χ0v) is 8.14. The molecule has 0 saturated heterocycles. The van der Waals surface area contributed by atoms with Gasteiger partial charge in [0.05, 0.1) is 0 Å². The molecule has 0 fully saturated rings. The molecule has 68 valence electrons. The lowest BCUT2D eigenvalue weighted by Gasteiger charge is -2.02. The summed E-state index contributed by atoms with van der Waals surface area (Å²) in [5.41, 5.74) is 1.06. The average Bonchev–Trinajstić information content (AvgIpc) is 2.06. The quantitative estimate of drug-likeness (QED) is 0.655. The van der Waals surface area contributed by atoms with E-state index in [1.807, 2.05) is 13.0 Å². The molecule has 2 heteroatoms. The Morgan fingerprint density at radius 3 is 2.67 bits per heavy atom. The SMILES string of the molecule is C=C/C=C(Cl)\C(=C/C)CCCO. The number of aliphatic hydroxyl groups excluding tert-OH is 1. The van der Waals surface area contributed by atoms with Gasteiger partial charge in [-0.15, -0.1) is 0 Å². The summed E-state index contributed by atoms with van der Waals surface area (Å²) in [6, 6.07) is 0. The summed E-state index contributed by atoms with van der Waals surface area (Å²) in [5, 5.41) is 9.32. The van der Waals surface area contributed by atoms with E-state index >= 15 is 0 Å². The minimum Gasteiger partial charge on any atom is -0.396 e. The van der Waals surface area contributed by atoms with Crippen LogP contribution in [-0.4, -0.2) is 11.7 Å². The summed E-state index contributed by atoms with van der Waals surface area (Å²) in [6.45, 7) is 5.70. The van der Waals surface area contributed by atoms with Crippen LogP contribution in [0.25, 0.3) is 0 Å². The molecule has 0 aromatic carbocycles. The number of hydrogen-bond acceptors (Lipinski definition) is 1. The van der Waals surface area contributed by atoms with Gasteiger partial charge in [0.2, 0.25) is 0 Å². The van der Waals surface area contributed by atoms with Crippen molar-refractivity contribution in [3.63, 3.8) is 0 Å². The van der Waals surface area contributed by atoms with E-state index in [1.165, 1.54) is 0 Å². The summed E-state index contributed by atoms with van der Waals surface area (Å²) in [5.74, 6) is 0. The van der Waals surface area contributed by atoms with Crippen molar-refractivity contribution >= 4 is 11.6 Å². The van der Waals surface area contributed by atoms with E-state index in [1.54, 1.807) is 12.2 Å². The van der Waals surface area contributed by atoms with Gasteiger partial charge in [-0.05, 0) is 31.4 Å². The molecule has 0 atom stereocenters. The highest BCUT2D eigenvalue weighted by atomic mass is 35.5. The highest BCUT2D eigenvalue weighted by molar-refractivity contribution is 6.32. The third kappa shape index (κ3) is 4.37. The molecular formula is C10H15ClO. The predicted molar refractivity (Wildman–Crippen MR) is 54.2 cm³/mol. The molecule has 0 rings (SSSR count). The van der Waals surface area contributed by atoms with Crippen LogP contribution in [0.5, 0.6) is 0 Å². The van der Waals surface area contributed by atoms with Gasteiger partial charge in [0.1, 0.15) is 0 Å². The molecule has 0 aromatic rings. The third-order valence-electron chi connectivity index (χ3n) is 1.52. The lowest BCUT2D eigenvalue weighted by Crippen LogP contribution is -1.87. The number of aliphatic hydroxyl groups is 1. The molecule has 0 heterocycles. The van der Waals surface area contributed by atoms with Crippen LogP contribution in [-0.2, 0) is 0 Å². The summed E-state index contributed by atoms with van der Waals surface area (Å²) < 4.78 is 0. The maximum Gasteiger partial charge on any atom is 0.0434 e. The van der Waals surface area contributed by atoms with Gasteiger partial charge in [0.25, 0.3) is 0 Å². The molecule has 0 aliphatic carbocycles. The second-order valence-electron chi connectivity index (χ2n) is 2.39. The molecule has 1 nitrogen and oxygen atoms in total. The fourth-order valence-corrected chi connectivity index (χ4v) is 1.17. The monoisotopic (exact) mass is 186 g/mol. The Hall–Kier alpha value is -0.530. The normalized spacial score (nSPS) is 13.2. The second-order valence-corrected chi connectivity index (χ2v) is 2.80. The van der Waals surface area contributed by atoms with Crippen molar-refractivity contribution < 1.29 is 5.11 Å². The fourth-order valence-electron chi connectivity index (χ4n) is 0.882. The minimum atomic E-state index is 0.204. The maximum atomic E-state index is 8.61. The molecule has 0 aliphatic heterocycles.